The average Bonchev–Trinajstić information content (AvgIpc) is 2.33. The number of hydrogen-bond donors (Lipinski definition) is 1. The molecule has 2 heterocycles. The third kappa shape index (κ3) is 2.13. The number of aromatic hydroxyl groups is 1. The van der Waals surface area contributed by atoms with Crippen molar-refractivity contribution in [2.24, 2.45) is 0 Å². The van der Waals surface area contributed by atoms with Crippen LogP contribution in [0, 0.1) is 6.92 Å². The Morgan fingerprint density at radius 1 is 1.17 bits per heavy atom. The van der Waals surface area contributed by atoms with Gasteiger partial charge in [-0.1, -0.05) is 6.92 Å². The van der Waals surface area contributed by atoms with Crippen molar-refractivity contribution in [3.8, 4) is 17.2 Å². The van der Waals surface area contributed by atoms with Gasteiger partial charge in [0.25, 0.3) is 0 Å². The van der Waals surface area contributed by atoms with Crippen molar-refractivity contribution in [1.29, 1.82) is 0 Å². The van der Waals surface area contributed by atoms with E-state index in [0.29, 0.717) is 17.8 Å². The summed E-state index contributed by atoms with van der Waals surface area (Å²) in [5, 5.41) is 9.85. The highest BCUT2D eigenvalue weighted by atomic mass is 16.6. The van der Waals surface area contributed by atoms with E-state index in [-0.39, 0.29) is 30.1 Å². The number of rotatable bonds is 1. The minimum Gasteiger partial charge on any atom is -0.503 e. The number of hydrogen-bond acceptors (Lipinski definition) is 6. The minimum atomic E-state index is -0.573. The van der Waals surface area contributed by atoms with E-state index in [1.54, 1.807) is 6.92 Å². The van der Waals surface area contributed by atoms with Gasteiger partial charge in [-0.05, 0) is 13.3 Å². The molecule has 1 aliphatic heterocycles. The first-order chi connectivity index (χ1) is 8.52. The van der Waals surface area contributed by atoms with Crippen LogP contribution in [0.5, 0.6) is 17.2 Å². The number of aryl methyl sites for hydroxylation is 2. The van der Waals surface area contributed by atoms with Crippen LogP contribution in [-0.2, 0) is 16.0 Å². The van der Waals surface area contributed by atoms with E-state index in [9.17, 15) is 14.7 Å². The second kappa shape index (κ2) is 4.64. The topological polar surface area (TPSA) is 85.7 Å². The van der Waals surface area contributed by atoms with E-state index in [1.807, 2.05) is 6.92 Å². The summed E-state index contributed by atoms with van der Waals surface area (Å²) < 4.78 is 10.1. The van der Waals surface area contributed by atoms with Crippen LogP contribution in [0.2, 0.25) is 0 Å². The summed E-state index contributed by atoms with van der Waals surface area (Å²) in [5.74, 6) is -1.45. The van der Waals surface area contributed by atoms with E-state index in [0.717, 1.165) is 0 Å². The van der Waals surface area contributed by atoms with Crippen LogP contribution in [0.3, 0.4) is 0 Å². The molecule has 0 bridgehead atoms. The van der Waals surface area contributed by atoms with Crippen molar-refractivity contribution < 1.29 is 24.2 Å². The summed E-state index contributed by atoms with van der Waals surface area (Å²) in [6.45, 7) is 3.41. The quantitative estimate of drug-likeness (QED) is 0.756. The number of esters is 2. The summed E-state index contributed by atoms with van der Waals surface area (Å²) >= 11 is 0. The Morgan fingerprint density at radius 3 is 2.28 bits per heavy atom. The Morgan fingerprint density at radius 2 is 1.72 bits per heavy atom. The molecular formula is C12H13NO5. The van der Waals surface area contributed by atoms with Gasteiger partial charge in [0.1, 0.15) is 0 Å². The number of fused-ring (bicyclic) bond motifs is 1. The van der Waals surface area contributed by atoms with Crippen molar-refractivity contribution in [3.05, 3.63) is 11.4 Å². The maximum Gasteiger partial charge on any atom is 0.312 e. The molecule has 6 nitrogen and oxygen atoms in total. The molecule has 2 rings (SSSR count). The average molecular weight is 251 g/mol. The van der Waals surface area contributed by atoms with Crippen molar-refractivity contribution in [2.45, 2.75) is 33.1 Å². The van der Waals surface area contributed by atoms with E-state index < -0.39 is 11.9 Å². The lowest BCUT2D eigenvalue weighted by Gasteiger charge is -2.18. The first kappa shape index (κ1) is 12.3. The van der Waals surface area contributed by atoms with E-state index in [4.69, 9.17) is 9.47 Å². The molecule has 1 aromatic heterocycles. The van der Waals surface area contributed by atoms with Crippen LogP contribution in [0.25, 0.3) is 0 Å². The molecule has 6 heteroatoms. The third-order valence-corrected chi connectivity index (χ3v) is 2.63. The van der Waals surface area contributed by atoms with Crippen LogP contribution >= 0.6 is 0 Å². The smallest absolute Gasteiger partial charge is 0.312 e. The second-order valence-corrected chi connectivity index (χ2v) is 3.95. The first-order valence-corrected chi connectivity index (χ1v) is 5.66. The van der Waals surface area contributed by atoms with Gasteiger partial charge in [0.2, 0.25) is 5.75 Å². The van der Waals surface area contributed by atoms with Crippen LogP contribution in [0.15, 0.2) is 0 Å². The largest absolute Gasteiger partial charge is 0.503 e. The Bertz CT molecular complexity index is 524. The molecule has 0 radical (unpaired) electrons. The van der Waals surface area contributed by atoms with E-state index in [1.165, 1.54) is 0 Å². The summed E-state index contributed by atoms with van der Waals surface area (Å²) in [6, 6.07) is 0. The molecule has 0 unspecified atom stereocenters. The Hall–Kier alpha value is -2.11. The third-order valence-electron chi connectivity index (χ3n) is 2.63. The number of carbonyl (C=O) groups is 2. The van der Waals surface area contributed by atoms with Crippen LogP contribution in [-0.4, -0.2) is 22.0 Å². The number of carbonyl (C=O) groups excluding carboxylic acids is 2. The monoisotopic (exact) mass is 251 g/mol. The molecule has 0 aliphatic carbocycles. The normalized spacial score (nSPS) is 15.2. The highest BCUT2D eigenvalue weighted by molar-refractivity contribution is 5.84. The van der Waals surface area contributed by atoms with E-state index in [2.05, 4.69) is 4.98 Å². The van der Waals surface area contributed by atoms with Gasteiger partial charge in [-0.2, -0.15) is 0 Å². The van der Waals surface area contributed by atoms with Gasteiger partial charge in [0.15, 0.2) is 11.5 Å². The first-order valence-electron chi connectivity index (χ1n) is 5.66. The van der Waals surface area contributed by atoms with Crippen molar-refractivity contribution in [2.75, 3.05) is 0 Å². The molecule has 96 valence electrons. The maximum absolute atomic E-state index is 11.5. The van der Waals surface area contributed by atoms with Crippen molar-refractivity contribution >= 4 is 11.9 Å². The van der Waals surface area contributed by atoms with Gasteiger partial charge in [-0.25, -0.2) is 0 Å². The van der Waals surface area contributed by atoms with Gasteiger partial charge in [-0.15, -0.1) is 0 Å². The highest BCUT2D eigenvalue weighted by Gasteiger charge is 2.26. The molecule has 1 aliphatic rings. The lowest BCUT2D eigenvalue weighted by atomic mass is 10.2. The Balaban J connectivity index is 2.62. The highest BCUT2D eigenvalue weighted by Crippen LogP contribution is 2.41. The fourth-order valence-corrected chi connectivity index (χ4v) is 1.68. The molecule has 1 aromatic rings. The Labute approximate surface area is 104 Å². The maximum atomic E-state index is 11.5. The van der Waals surface area contributed by atoms with Gasteiger partial charge < -0.3 is 14.6 Å². The number of pyridine rings is 1. The fraction of sp³-hybridized carbons (Fsp3) is 0.417. The zero-order valence-electron chi connectivity index (χ0n) is 10.1. The van der Waals surface area contributed by atoms with Crippen molar-refractivity contribution in [3.63, 3.8) is 0 Å². The van der Waals surface area contributed by atoms with Gasteiger partial charge >= 0.3 is 11.9 Å². The number of nitrogens with zero attached hydrogens (tertiary/aromatic N) is 1. The van der Waals surface area contributed by atoms with E-state index >= 15 is 0 Å². The summed E-state index contributed by atoms with van der Waals surface area (Å²) in [5.41, 5.74) is 0.804. The zero-order chi connectivity index (χ0) is 13.3. The predicted octanol–water partition coefficient (Wildman–Crippen LogP) is 1.26. The lowest BCUT2D eigenvalue weighted by molar-refractivity contribution is -0.142. The summed E-state index contributed by atoms with van der Waals surface area (Å²) in [7, 11) is 0. The molecule has 0 atom stereocenters. The Kier molecular flexibility index (Phi) is 3.18. The van der Waals surface area contributed by atoms with Crippen LogP contribution < -0.4 is 9.47 Å². The standard InChI is InChI=1S/C12H13NO5/c1-3-7-11-12(10(16)6(2)13-7)18-9(15)5-4-8(14)17-11/h16H,3-5H2,1-2H3. The van der Waals surface area contributed by atoms with Gasteiger partial charge in [-0.3, -0.25) is 14.6 Å². The van der Waals surface area contributed by atoms with Gasteiger partial charge in [0, 0.05) is 0 Å². The van der Waals surface area contributed by atoms with Crippen LogP contribution in [0.4, 0.5) is 0 Å². The minimum absolute atomic E-state index is 0.0404. The van der Waals surface area contributed by atoms with Crippen LogP contribution in [0.1, 0.15) is 31.2 Å². The summed E-state index contributed by atoms with van der Waals surface area (Å²) in [4.78, 5) is 27.0. The molecule has 0 aromatic carbocycles. The molecule has 18 heavy (non-hydrogen) atoms. The molecule has 0 saturated carbocycles. The molecule has 0 spiro atoms. The van der Waals surface area contributed by atoms with Gasteiger partial charge in [0.05, 0.1) is 24.2 Å². The predicted molar refractivity (Wildman–Crippen MR) is 60.5 cm³/mol. The zero-order valence-corrected chi connectivity index (χ0v) is 10.1. The number of aromatic nitrogens is 1. The second-order valence-electron chi connectivity index (χ2n) is 3.95. The fourth-order valence-electron chi connectivity index (χ4n) is 1.68. The molecule has 1 N–H and O–H groups in total. The molecule has 0 fully saturated rings. The SMILES string of the molecule is CCc1nc(C)c(O)c2c1OC(=O)CCC(=O)O2. The lowest BCUT2D eigenvalue weighted by Crippen LogP contribution is -2.20. The molecular weight excluding hydrogens is 238 g/mol. The summed E-state index contributed by atoms with van der Waals surface area (Å²) in [6.07, 6.45) is 0.380. The number of ether oxygens (including phenoxy) is 2. The molecule has 0 amide bonds. The molecule has 0 saturated heterocycles. The van der Waals surface area contributed by atoms with Crippen molar-refractivity contribution in [1.82, 2.24) is 4.98 Å².